The minimum Gasteiger partial charge on any atom is -0.490 e. The summed E-state index contributed by atoms with van der Waals surface area (Å²) in [6.45, 7) is 2.30. The molecule has 0 radical (unpaired) electrons. The maximum absolute atomic E-state index is 12.6. The Balaban J connectivity index is 1.25. The molecule has 2 fully saturated rings. The lowest BCUT2D eigenvalue weighted by Gasteiger charge is -2.29. The van der Waals surface area contributed by atoms with Crippen LogP contribution >= 0.6 is 11.6 Å². The predicted octanol–water partition coefficient (Wildman–Crippen LogP) is 5.72. The summed E-state index contributed by atoms with van der Waals surface area (Å²) in [5.41, 5.74) is 3.02. The molecule has 2 aromatic rings. The lowest BCUT2D eigenvalue weighted by molar-refractivity contribution is 0.0888. The fraction of sp³-hybridized carbons (Fsp3) is 0.462. The number of halogens is 1. The van der Waals surface area contributed by atoms with Crippen molar-refractivity contribution in [1.29, 1.82) is 5.26 Å². The zero-order valence-corrected chi connectivity index (χ0v) is 19.6. The predicted molar refractivity (Wildman–Crippen MR) is 128 cm³/mol. The molecule has 7 heteroatoms. The summed E-state index contributed by atoms with van der Waals surface area (Å²) < 4.78 is 6.02. The van der Waals surface area contributed by atoms with Crippen LogP contribution in [0, 0.1) is 17.2 Å². The number of hydrogen-bond donors (Lipinski definition) is 1. The summed E-state index contributed by atoms with van der Waals surface area (Å²) in [6, 6.07) is 7.26. The molecule has 1 N–H and O–H groups in total. The van der Waals surface area contributed by atoms with Crippen LogP contribution in [0.3, 0.4) is 0 Å². The molecule has 1 aromatic carbocycles. The molecule has 172 valence electrons. The van der Waals surface area contributed by atoms with Crippen molar-refractivity contribution in [3.05, 3.63) is 58.1 Å². The van der Waals surface area contributed by atoms with Gasteiger partial charge in [0, 0.05) is 12.1 Å². The van der Waals surface area contributed by atoms with E-state index in [1.807, 2.05) is 6.07 Å². The third-order valence-corrected chi connectivity index (χ3v) is 6.86. The van der Waals surface area contributed by atoms with Gasteiger partial charge in [-0.1, -0.05) is 24.1 Å². The van der Waals surface area contributed by atoms with Crippen LogP contribution in [-0.4, -0.2) is 28.0 Å². The maximum Gasteiger partial charge on any atom is 0.271 e. The Labute approximate surface area is 200 Å². The van der Waals surface area contributed by atoms with E-state index < -0.39 is 0 Å². The van der Waals surface area contributed by atoms with Gasteiger partial charge in [-0.3, -0.25) is 9.78 Å². The van der Waals surface area contributed by atoms with E-state index in [4.69, 9.17) is 21.6 Å². The van der Waals surface area contributed by atoms with E-state index in [9.17, 15) is 4.79 Å². The maximum atomic E-state index is 12.6. The van der Waals surface area contributed by atoms with Crippen molar-refractivity contribution in [2.24, 2.45) is 5.92 Å². The summed E-state index contributed by atoms with van der Waals surface area (Å²) in [5, 5.41) is 12.5. The molecule has 6 nitrogen and oxygen atoms in total. The van der Waals surface area contributed by atoms with Gasteiger partial charge in [-0.2, -0.15) is 5.26 Å². The second kappa shape index (κ2) is 10.8. The number of hydrogen-bond acceptors (Lipinski definition) is 5. The molecular formula is C26H29ClN4O2. The number of benzene rings is 1. The van der Waals surface area contributed by atoms with Gasteiger partial charge in [0.25, 0.3) is 5.91 Å². The van der Waals surface area contributed by atoms with E-state index in [1.54, 1.807) is 30.6 Å². The molecule has 0 unspecified atom stereocenters. The highest BCUT2D eigenvalue weighted by molar-refractivity contribution is 6.31. The molecule has 0 saturated heterocycles. The van der Waals surface area contributed by atoms with Crippen molar-refractivity contribution in [1.82, 2.24) is 15.3 Å². The summed E-state index contributed by atoms with van der Waals surface area (Å²) >= 11 is 6.09. The minimum atomic E-state index is -0.184. The lowest BCUT2D eigenvalue weighted by Crippen LogP contribution is -2.40. The van der Waals surface area contributed by atoms with Crippen LogP contribution in [0.1, 0.15) is 80.0 Å². The lowest BCUT2D eigenvalue weighted by atomic mass is 9.87. The molecule has 0 bridgehead atoms. The third kappa shape index (κ3) is 6.33. The summed E-state index contributed by atoms with van der Waals surface area (Å²) in [5.74, 6) is 1.28. The number of rotatable bonds is 5. The zero-order chi connectivity index (χ0) is 23.2. The Hall–Kier alpha value is -2.91. The van der Waals surface area contributed by atoms with Crippen LogP contribution < -0.4 is 10.1 Å². The van der Waals surface area contributed by atoms with E-state index in [0.717, 1.165) is 50.1 Å². The molecule has 1 amide bonds. The highest BCUT2D eigenvalue weighted by Crippen LogP contribution is 2.29. The van der Waals surface area contributed by atoms with Crippen molar-refractivity contribution in [2.45, 2.75) is 70.4 Å². The molecule has 2 saturated carbocycles. The van der Waals surface area contributed by atoms with Crippen molar-refractivity contribution in [2.75, 3.05) is 0 Å². The largest absolute Gasteiger partial charge is 0.490 e. The van der Waals surface area contributed by atoms with Crippen LogP contribution in [0.5, 0.6) is 5.75 Å². The third-order valence-electron chi connectivity index (χ3n) is 6.55. The average Bonchev–Trinajstić information content (AvgIpc) is 2.82. The van der Waals surface area contributed by atoms with Gasteiger partial charge in [0.15, 0.2) is 0 Å². The van der Waals surface area contributed by atoms with Crippen LogP contribution in [-0.2, 0) is 0 Å². The van der Waals surface area contributed by atoms with Gasteiger partial charge >= 0.3 is 0 Å². The zero-order valence-electron chi connectivity index (χ0n) is 18.9. The Morgan fingerprint density at radius 1 is 1.15 bits per heavy atom. The first kappa shape index (κ1) is 23.3. The van der Waals surface area contributed by atoms with Crippen LogP contribution in [0.4, 0.5) is 0 Å². The van der Waals surface area contributed by atoms with Gasteiger partial charge in [-0.05, 0) is 75.5 Å². The Bertz CT molecular complexity index is 1040. The molecule has 4 rings (SSSR count). The minimum absolute atomic E-state index is 0.0667. The Morgan fingerprint density at radius 2 is 1.91 bits per heavy atom. The number of nitriles is 1. The molecule has 0 spiro atoms. The van der Waals surface area contributed by atoms with Gasteiger partial charge in [0.2, 0.25) is 0 Å². The second-order valence-corrected chi connectivity index (χ2v) is 9.54. The average molecular weight is 465 g/mol. The number of carbonyl (C=O) groups excluding carboxylic acids is 1. The molecule has 0 atom stereocenters. The van der Waals surface area contributed by atoms with Crippen molar-refractivity contribution >= 4 is 23.6 Å². The first-order valence-electron chi connectivity index (χ1n) is 11.7. The number of nitrogens with one attached hydrogen (secondary N) is 1. The monoisotopic (exact) mass is 464 g/mol. The second-order valence-electron chi connectivity index (χ2n) is 9.13. The summed E-state index contributed by atoms with van der Waals surface area (Å²) in [4.78, 5) is 21.4. The molecular weight excluding hydrogens is 436 g/mol. The van der Waals surface area contributed by atoms with E-state index >= 15 is 0 Å². The number of amides is 1. The molecule has 2 aliphatic carbocycles. The molecule has 2 aliphatic rings. The van der Waals surface area contributed by atoms with Crippen LogP contribution in [0.15, 0.2) is 36.2 Å². The van der Waals surface area contributed by atoms with Crippen LogP contribution in [0.25, 0.3) is 6.08 Å². The SMILES string of the molecule is CC1CCC(=Cc2cnc(C(=O)NC3CCC(Oc4ccc(C#N)c(Cl)c4)CC3)cn2)CC1. The topological polar surface area (TPSA) is 87.9 Å². The smallest absolute Gasteiger partial charge is 0.271 e. The molecule has 1 aromatic heterocycles. The normalized spacial score (nSPS) is 22.8. The van der Waals surface area contributed by atoms with Gasteiger partial charge in [-0.25, -0.2) is 4.98 Å². The first-order chi connectivity index (χ1) is 16.0. The van der Waals surface area contributed by atoms with Crippen LogP contribution in [0.2, 0.25) is 5.02 Å². The highest BCUT2D eigenvalue weighted by Gasteiger charge is 2.24. The van der Waals surface area contributed by atoms with Gasteiger partial charge < -0.3 is 10.1 Å². The van der Waals surface area contributed by atoms with Gasteiger partial charge in [0.05, 0.1) is 34.8 Å². The van der Waals surface area contributed by atoms with Crippen molar-refractivity contribution in [3.63, 3.8) is 0 Å². The number of nitrogens with zero attached hydrogens (tertiary/aromatic N) is 3. The Morgan fingerprint density at radius 3 is 2.55 bits per heavy atom. The number of aromatic nitrogens is 2. The quantitative estimate of drug-likeness (QED) is 0.611. The van der Waals surface area contributed by atoms with Crippen molar-refractivity contribution in [3.8, 4) is 11.8 Å². The fourth-order valence-corrected chi connectivity index (χ4v) is 4.67. The number of ether oxygens (including phenoxy) is 1. The van der Waals surface area contributed by atoms with E-state index in [0.29, 0.717) is 22.0 Å². The van der Waals surface area contributed by atoms with E-state index in [1.165, 1.54) is 18.4 Å². The highest BCUT2D eigenvalue weighted by atomic mass is 35.5. The van der Waals surface area contributed by atoms with Crippen molar-refractivity contribution < 1.29 is 9.53 Å². The fourth-order valence-electron chi connectivity index (χ4n) is 4.45. The number of allylic oxidation sites excluding steroid dienone is 1. The van der Waals surface area contributed by atoms with Gasteiger partial charge in [-0.15, -0.1) is 0 Å². The molecule has 33 heavy (non-hydrogen) atoms. The Kier molecular flexibility index (Phi) is 7.61. The number of carbonyl (C=O) groups is 1. The van der Waals surface area contributed by atoms with E-state index in [2.05, 4.69) is 28.3 Å². The molecule has 0 aliphatic heterocycles. The van der Waals surface area contributed by atoms with E-state index in [-0.39, 0.29) is 18.1 Å². The summed E-state index contributed by atoms with van der Waals surface area (Å²) in [6.07, 6.45) is 13.5. The standard InChI is InChI=1S/C26H29ClN4O2/c1-17-2-4-18(5-3-17)12-21-15-30-25(16-29-21)26(32)31-20-7-10-22(11-8-20)33-23-9-6-19(14-28)24(27)13-23/h6,9,12-13,15-17,20,22H,2-5,7-8,10-11H2,1H3,(H,31,32). The first-order valence-corrected chi connectivity index (χ1v) is 12.1. The molecule has 1 heterocycles. The summed E-state index contributed by atoms with van der Waals surface area (Å²) in [7, 11) is 0. The van der Waals surface area contributed by atoms with Gasteiger partial charge in [0.1, 0.15) is 17.5 Å².